The summed E-state index contributed by atoms with van der Waals surface area (Å²) < 4.78 is 16.1. The Labute approximate surface area is 124 Å². The van der Waals surface area contributed by atoms with Gasteiger partial charge in [0.1, 0.15) is 5.82 Å². The first-order valence-electron chi connectivity index (χ1n) is 7.83. The second-order valence-corrected chi connectivity index (χ2v) is 6.18. The number of hydrogen-bond donors (Lipinski definition) is 1. The quantitative estimate of drug-likeness (QED) is 0.936. The van der Waals surface area contributed by atoms with Gasteiger partial charge in [-0.1, -0.05) is 12.1 Å². The van der Waals surface area contributed by atoms with Gasteiger partial charge in [-0.3, -0.25) is 0 Å². The summed E-state index contributed by atoms with van der Waals surface area (Å²) in [6, 6.07) is 6.71. The van der Waals surface area contributed by atoms with E-state index in [4.69, 9.17) is 0 Å². The second kappa shape index (κ2) is 5.26. The number of aromatic nitrogens is 2. The molecule has 4 heteroatoms. The Kier molecular flexibility index (Phi) is 3.26. The Morgan fingerprint density at radius 2 is 2.19 bits per heavy atom. The Morgan fingerprint density at radius 3 is 3.05 bits per heavy atom. The molecule has 1 N–H and O–H groups in total. The predicted octanol–water partition coefficient (Wildman–Crippen LogP) is 3.39. The van der Waals surface area contributed by atoms with Gasteiger partial charge in [0.05, 0.1) is 6.33 Å². The van der Waals surface area contributed by atoms with E-state index in [0.717, 1.165) is 24.0 Å². The Morgan fingerprint density at radius 1 is 1.24 bits per heavy atom. The van der Waals surface area contributed by atoms with Crippen LogP contribution in [-0.4, -0.2) is 15.6 Å². The summed E-state index contributed by atoms with van der Waals surface area (Å²) in [5, 5.41) is 3.78. The van der Waals surface area contributed by atoms with Gasteiger partial charge in [0.2, 0.25) is 0 Å². The largest absolute Gasteiger partial charge is 0.333 e. The lowest BCUT2D eigenvalue weighted by atomic mass is 10.1. The highest BCUT2D eigenvalue weighted by Crippen LogP contribution is 2.37. The highest BCUT2D eigenvalue weighted by Gasteiger charge is 2.33. The minimum atomic E-state index is -0.0469. The molecule has 2 aliphatic carbocycles. The lowest BCUT2D eigenvalue weighted by Gasteiger charge is -2.26. The van der Waals surface area contributed by atoms with Crippen molar-refractivity contribution in [1.29, 1.82) is 0 Å². The van der Waals surface area contributed by atoms with Crippen LogP contribution >= 0.6 is 0 Å². The van der Waals surface area contributed by atoms with E-state index in [1.807, 2.05) is 24.8 Å². The van der Waals surface area contributed by atoms with Crippen molar-refractivity contribution in [3.05, 3.63) is 53.9 Å². The zero-order valence-corrected chi connectivity index (χ0v) is 12.0. The topological polar surface area (TPSA) is 29.9 Å². The van der Waals surface area contributed by atoms with Gasteiger partial charge in [0.25, 0.3) is 0 Å². The van der Waals surface area contributed by atoms with Gasteiger partial charge in [0, 0.05) is 30.5 Å². The minimum absolute atomic E-state index is 0.0469. The average Bonchev–Trinajstić information content (AvgIpc) is 3.20. The van der Waals surface area contributed by atoms with Crippen LogP contribution in [0.2, 0.25) is 0 Å². The third-order valence-corrected chi connectivity index (χ3v) is 5.02. The van der Waals surface area contributed by atoms with Crippen LogP contribution in [0.5, 0.6) is 0 Å². The van der Waals surface area contributed by atoms with Crippen molar-refractivity contribution in [2.75, 3.05) is 0 Å². The van der Waals surface area contributed by atoms with Gasteiger partial charge < -0.3 is 9.88 Å². The molecular weight excluding hydrogens is 265 g/mol. The highest BCUT2D eigenvalue weighted by molar-refractivity contribution is 5.35. The van der Waals surface area contributed by atoms with E-state index in [1.165, 1.54) is 19.3 Å². The zero-order chi connectivity index (χ0) is 14.2. The summed E-state index contributed by atoms with van der Waals surface area (Å²) in [6.45, 7) is 0. The second-order valence-electron chi connectivity index (χ2n) is 6.18. The third kappa shape index (κ3) is 2.27. The maximum Gasteiger partial charge on any atom is 0.126 e. The Bertz CT molecular complexity index is 623. The summed E-state index contributed by atoms with van der Waals surface area (Å²) in [5.41, 5.74) is 2.07. The number of nitrogens with one attached hydrogen (secondary N) is 1. The minimum Gasteiger partial charge on any atom is -0.333 e. The molecule has 1 heterocycles. The maximum absolute atomic E-state index is 13.8. The number of hydrogen-bond acceptors (Lipinski definition) is 2. The van der Waals surface area contributed by atoms with E-state index in [9.17, 15) is 4.39 Å². The first-order valence-corrected chi connectivity index (χ1v) is 7.83. The van der Waals surface area contributed by atoms with Crippen molar-refractivity contribution in [2.24, 2.45) is 0 Å². The molecular formula is C17H20FN3. The molecule has 1 saturated carbocycles. The number of rotatable bonds is 3. The van der Waals surface area contributed by atoms with E-state index in [0.29, 0.717) is 18.1 Å². The van der Waals surface area contributed by atoms with E-state index in [2.05, 4.69) is 20.9 Å². The van der Waals surface area contributed by atoms with Gasteiger partial charge in [-0.2, -0.15) is 0 Å². The van der Waals surface area contributed by atoms with Crippen LogP contribution in [0.25, 0.3) is 0 Å². The molecule has 0 saturated heterocycles. The normalized spacial score (nSPS) is 28.0. The zero-order valence-electron chi connectivity index (χ0n) is 12.0. The molecule has 1 fully saturated rings. The Hall–Kier alpha value is -1.68. The molecule has 3 unspecified atom stereocenters. The first kappa shape index (κ1) is 13.0. The smallest absolute Gasteiger partial charge is 0.126 e. The lowest BCUT2D eigenvalue weighted by molar-refractivity contribution is 0.352. The first-order chi connectivity index (χ1) is 10.3. The molecule has 0 spiro atoms. The average molecular weight is 285 g/mol. The molecule has 0 aliphatic heterocycles. The van der Waals surface area contributed by atoms with E-state index < -0.39 is 0 Å². The maximum atomic E-state index is 13.8. The van der Waals surface area contributed by atoms with Crippen LogP contribution in [0.1, 0.15) is 48.9 Å². The fourth-order valence-corrected chi connectivity index (χ4v) is 4.00. The van der Waals surface area contributed by atoms with Crippen LogP contribution in [0.15, 0.2) is 36.9 Å². The highest BCUT2D eigenvalue weighted by atomic mass is 19.1. The van der Waals surface area contributed by atoms with Crippen molar-refractivity contribution in [2.45, 2.75) is 50.2 Å². The molecule has 3 atom stereocenters. The molecule has 21 heavy (non-hydrogen) atoms. The van der Waals surface area contributed by atoms with Crippen LogP contribution in [0.4, 0.5) is 4.39 Å². The molecule has 1 aromatic carbocycles. The van der Waals surface area contributed by atoms with Crippen molar-refractivity contribution < 1.29 is 4.39 Å². The third-order valence-electron chi connectivity index (χ3n) is 5.02. The molecule has 1 aromatic heterocycles. The van der Waals surface area contributed by atoms with Gasteiger partial charge in [0.15, 0.2) is 0 Å². The van der Waals surface area contributed by atoms with Crippen LogP contribution in [0.3, 0.4) is 0 Å². The molecule has 0 bridgehead atoms. The van der Waals surface area contributed by atoms with E-state index in [1.54, 1.807) is 6.07 Å². The SMILES string of the molecule is Fc1cccc2c1CCC2NC1CCCC1n1ccnc1. The molecule has 0 radical (unpaired) electrons. The summed E-state index contributed by atoms with van der Waals surface area (Å²) in [4.78, 5) is 4.17. The fraction of sp³-hybridized carbons (Fsp3) is 0.471. The number of nitrogens with zero attached hydrogens (tertiary/aromatic N) is 2. The monoisotopic (exact) mass is 285 g/mol. The van der Waals surface area contributed by atoms with E-state index in [-0.39, 0.29) is 5.82 Å². The molecule has 0 amide bonds. The summed E-state index contributed by atoms with van der Waals surface area (Å²) in [6.07, 6.45) is 11.3. The molecule has 4 rings (SSSR count). The predicted molar refractivity (Wildman–Crippen MR) is 79.5 cm³/mol. The number of imidazole rings is 1. The molecule has 2 aliphatic rings. The number of fused-ring (bicyclic) bond motifs is 1. The van der Waals surface area contributed by atoms with Crippen LogP contribution in [0, 0.1) is 5.82 Å². The van der Waals surface area contributed by atoms with Gasteiger partial charge >= 0.3 is 0 Å². The van der Waals surface area contributed by atoms with Gasteiger partial charge in [-0.15, -0.1) is 0 Å². The van der Waals surface area contributed by atoms with Crippen molar-refractivity contribution in [3.8, 4) is 0 Å². The summed E-state index contributed by atoms with van der Waals surface area (Å²) >= 11 is 0. The number of benzene rings is 1. The Balaban J connectivity index is 1.54. The molecule has 3 nitrogen and oxygen atoms in total. The van der Waals surface area contributed by atoms with Crippen LogP contribution < -0.4 is 5.32 Å². The summed E-state index contributed by atoms with van der Waals surface area (Å²) in [7, 11) is 0. The van der Waals surface area contributed by atoms with E-state index >= 15 is 0 Å². The number of halogens is 1. The van der Waals surface area contributed by atoms with Crippen molar-refractivity contribution in [1.82, 2.24) is 14.9 Å². The fourth-order valence-electron chi connectivity index (χ4n) is 4.00. The van der Waals surface area contributed by atoms with Crippen molar-refractivity contribution >= 4 is 0 Å². The van der Waals surface area contributed by atoms with Crippen molar-refractivity contribution in [3.63, 3.8) is 0 Å². The lowest BCUT2D eigenvalue weighted by Crippen LogP contribution is -2.35. The summed E-state index contributed by atoms with van der Waals surface area (Å²) in [5.74, 6) is -0.0469. The van der Waals surface area contributed by atoms with Gasteiger partial charge in [-0.05, 0) is 49.3 Å². The van der Waals surface area contributed by atoms with Gasteiger partial charge in [-0.25, -0.2) is 9.37 Å². The standard InChI is InChI=1S/C17H20FN3/c18-14-4-1-3-13-12(14)7-8-15(13)20-16-5-2-6-17(16)21-10-9-19-11-21/h1,3-4,9-11,15-17,20H,2,5-8H2. The molecule has 2 aromatic rings. The molecule has 110 valence electrons. The van der Waals surface area contributed by atoms with Crippen LogP contribution in [-0.2, 0) is 6.42 Å².